The smallest absolute Gasteiger partial charge is 0.331 e. The SMILES string of the molecule is CCC(C)C1OC(=O)/C=C/C=C/C=C/C=C/C=C/C=C/CC(O)C(C)C(O)CC(O)CC(O)CC(O)CC(O)CC(O)CC(O)CC(O)/C=C/C1C. The maximum absolute atomic E-state index is 12.6. The quantitative estimate of drug-likeness (QED) is 0.148. The Morgan fingerprint density at radius 3 is 1.50 bits per heavy atom. The highest BCUT2D eigenvalue weighted by Crippen LogP contribution is 2.23. The van der Waals surface area contributed by atoms with Gasteiger partial charge in [-0.15, -0.1) is 0 Å². The maximum Gasteiger partial charge on any atom is 0.331 e. The molecule has 13 atom stereocenters. The van der Waals surface area contributed by atoms with Crippen molar-refractivity contribution in [1.82, 2.24) is 0 Å². The van der Waals surface area contributed by atoms with Crippen molar-refractivity contribution < 1.29 is 55.5 Å². The fourth-order valence-corrected chi connectivity index (χ4v) is 5.97. The molecule has 0 bridgehead atoms. The largest absolute Gasteiger partial charge is 0.458 e. The van der Waals surface area contributed by atoms with E-state index in [-0.39, 0.29) is 63.2 Å². The van der Waals surface area contributed by atoms with Crippen LogP contribution in [0, 0.1) is 17.8 Å². The lowest BCUT2D eigenvalue weighted by atomic mass is 9.90. The Morgan fingerprint density at radius 2 is 1.02 bits per heavy atom. The average Bonchev–Trinajstić information content (AvgIpc) is 3.06. The summed E-state index contributed by atoms with van der Waals surface area (Å²) >= 11 is 0. The van der Waals surface area contributed by atoms with E-state index in [1.54, 1.807) is 55.5 Å². The summed E-state index contributed by atoms with van der Waals surface area (Å²) in [6.45, 7) is 7.53. The van der Waals surface area contributed by atoms with Gasteiger partial charge in [0.2, 0.25) is 0 Å². The van der Waals surface area contributed by atoms with Gasteiger partial charge in [0.25, 0.3) is 0 Å². The topological polar surface area (TPSA) is 208 Å². The first-order valence-corrected chi connectivity index (χ1v) is 18.6. The van der Waals surface area contributed by atoms with Crippen LogP contribution in [0.15, 0.2) is 85.1 Å². The lowest BCUT2D eigenvalue weighted by Crippen LogP contribution is -2.34. The number of esters is 1. The number of hydrogen-bond donors (Lipinski definition) is 9. The molecule has 1 heterocycles. The summed E-state index contributed by atoms with van der Waals surface area (Å²) in [6, 6.07) is 0. The Bertz CT molecular complexity index is 1180. The number of allylic oxidation sites excluding steroid dienone is 10. The van der Waals surface area contributed by atoms with Crippen LogP contribution in [-0.2, 0) is 9.53 Å². The van der Waals surface area contributed by atoms with E-state index in [9.17, 15) is 50.8 Å². The van der Waals surface area contributed by atoms with Crippen LogP contribution in [0.25, 0.3) is 0 Å². The Kier molecular flexibility index (Phi) is 24.5. The van der Waals surface area contributed by atoms with Crippen molar-refractivity contribution in [2.45, 2.75) is 147 Å². The van der Waals surface area contributed by atoms with Crippen LogP contribution < -0.4 is 0 Å². The Balaban J connectivity index is 3.01. The fraction of sp³-hybridized carbons (Fsp3) is 0.634. The lowest BCUT2D eigenvalue weighted by Gasteiger charge is -2.27. The average molecular weight is 735 g/mol. The van der Waals surface area contributed by atoms with Gasteiger partial charge in [-0.1, -0.05) is 113 Å². The van der Waals surface area contributed by atoms with Crippen LogP contribution in [0.5, 0.6) is 0 Å². The van der Waals surface area contributed by atoms with Gasteiger partial charge in [-0.2, -0.15) is 0 Å². The van der Waals surface area contributed by atoms with Crippen LogP contribution in [0.4, 0.5) is 0 Å². The van der Waals surface area contributed by atoms with E-state index >= 15 is 0 Å². The molecule has 13 unspecified atom stereocenters. The summed E-state index contributed by atoms with van der Waals surface area (Å²) in [5.41, 5.74) is 0. The van der Waals surface area contributed by atoms with Gasteiger partial charge in [0.15, 0.2) is 0 Å². The van der Waals surface area contributed by atoms with Gasteiger partial charge in [0.05, 0.1) is 54.9 Å². The van der Waals surface area contributed by atoms with Crippen molar-refractivity contribution in [3.8, 4) is 0 Å². The first-order valence-electron chi connectivity index (χ1n) is 18.6. The number of carbonyl (C=O) groups is 1. The molecule has 0 aromatic heterocycles. The molecule has 11 heteroatoms. The molecular weight excluding hydrogens is 668 g/mol. The first kappa shape index (κ1) is 47.3. The minimum absolute atomic E-state index is 0.0413. The van der Waals surface area contributed by atoms with Crippen molar-refractivity contribution in [3.63, 3.8) is 0 Å². The van der Waals surface area contributed by atoms with Crippen molar-refractivity contribution in [2.24, 2.45) is 17.8 Å². The molecule has 296 valence electrons. The van der Waals surface area contributed by atoms with Crippen LogP contribution in [0.2, 0.25) is 0 Å². The number of aliphatic hydroxyl groups excluding tert-OH is 9. The molecule has 0 aliphatic carbocycles. The number of carbonyl (C=O) groups excluding carboxylic acids is 1. The molecule has 0 aromatic carbocycles. The van der Waals surface area contributed by atoms with Gasteiger partial charge in [-0.05, 0) is 50.9 Å². The fourth-order valence-electron chi connectivity index (χ4n) is 5.97. The molecule has 0 saturated carbocycles. The molecule has 0 amide bonds. The molecule has 1 aliphatic rings. The van der Waals surface area contributed by atoms with Gasteiger partial charge in [0, 0.05) is 24.3 Å². The van der Waals surface area contributed by atoms with Gasteiger partial charge in [-0.3, -0.25) is 0 Å². The van der Waals surface area contributed by atoms with Gasteiger partial charge in [0.1, 0.15) is 6.10 Å². The number of cyclic esters (lactones) is 1. The summed E-state index contributed by atoms with van der Waals surface area (Å²) in [6.07, 6.45) is 14.3. The third-order valence-corrected chi connectivity index (χ3v) is 9.32. The summed E-state index contributed by atoms with van der Waals surface area (Å²) in [5.74, 6) is -1.24. The van der Waals surface area contributed by atoms with E-state index in [0.29, 0.717) is 0 Å². The molecule has 11 nitrogen and oxygen atoms in total. The van der Waals surface area contributed by atoms with Crippen LogP contribution in [-0.4, -0.2) is 113 Å². The molecule has 0 aromatic rings. The molecule has 52 heavy (non-hydrogen) atoms. The Hall–Kier alpha value is -2.71. The highest BCUT2D eigenvalue weighted by molar-refractivity contribution is 5.82. The number of hydrogen-bond acceptors (Lipinski definition) is 11. The zero-order valence-electron chi connectivity index (χ0n) is 31.3. The summed E-state index contributed by atoms with van der Waals surface area (Å²) < 4.78 is 5.76. The van der Waals surface area contributed by atoms with Crippen LogP contribution >= 0.6 is 0 Å². The van der Waals surface area contributed by atoms with E-state index in [0.717, 1.165) is 6.42 Å². The standard InChI is InChI=1S/C41H66O11/c1-5-28(2)41-29(3)19-20-31(42)21-32(43)22-33(44)23-34(45)24-35(46)25-36(47)26-37(48)27-39(50)30(4)38(49)17-15-13-11-9-7-6-8-10-12-14-16-18-40(51)52-41/h6-16,18-20,28-39,41-50H,5,17,21-27H2,1-4H3/b7-6+,10-8+,11-9+,14-12+,15-13+,18-16+,20-19+. The summed E-state index contributed by atoms with van der Waals surface area (Å²) in [4.78, 5) is 12.6. The number of ether oxygens (including phenoxy) is 1. The molecule has 0 fully saturated rings. The molecule has 9 N–H and O–H groups in total. The van der Waals surface area contributed by atoms with Crippen molar-refractivity contribution in [1.29, 1.82) is 0 Å². The third-order valence-electron chi connectivity index (χ3n) is 9.32. The van der Waals surface area contributed by atoms with Gasteiger partial charge in [-0.25, -0.2) is 4.79 Å². The first-order chi connectivity index (χ1) is 24.6. The molecule has 0 spiro atoms. The minimum atomic E-state index is -1.13. The van der Waals surface area contributed by atoms with Crippen molar-refractivity contribution in [3.05, 3.63) is 85.1 Å². The number of rotatable bonds is 2. The van der Waals surface area contributed by atoms with Gasteiger partial charge >= 0.3 is 5.97 Å². The maximum atomic E-state index is 12.6. The zero-order chi connectivity index (χ0) is 39.1. The second-order valence-electron chi connectivity index (χ2n) is 14.2. The Labute approximate surface area is 310 Å². The predicted molar refractivity (Wildman–Crippen MR) is 203 cm³/mol. The van der Waals surface area contributed by atoms with E-state index < -0.39 is 72.9 Å². The second kappa shape index (κ2) is 27.0. The normalized spacial score (nSPS) is 40.3. The highest BCUT2D eigenvalue weighted by Gasteiger charge is 2.27. The van der Waals surface area contributed by atoms with E-state index in [2.05, 4.69) is 0 Å². The minimum Gasteiger partial charge on any atom is -0.458 e. The summed E-state index contributed by atoms with van der Waals surface area (Å²) in [5, 5.41) is 94.1. The number of aliphatic hydroxyl groups is 9. The molecular formula is C41H66O11. The lowest BCUT2D eigenvalue weighted by molar-refractivity contribution is -0.147. The molecule has 0 saturated heterocycles. The van der Waals surface area contributed by atoms with Crippen LogP contribution in [0.1, 0.15) is 85.5 Å². The summed E-state index contributed by atoms with van der Waals surface area (Å²) in [7, 11) is 0. The van der Waals surface area contributed by atoms with Crippen molar-refractivity contribution in [2.75, 3.05) is 0 Å². The molecule has 1 aliphatic heterocycles. The highest BCUT2D eigenvalue weighted by atomic mass is 16.5. The Morgan fingerprint density at radius 1 is 0.596 bits per heavy atom. The van der Waals surface area contributed by atoms with E-state index in [4.69, 9.17) is 4.74 Å². The zero-order valence-corrected chi connectivity index (χ0v) is 31.3. The molecule has 1 rings (SSSR count). The van der Waals surface area contributed by atoms with Gasteiger partial charge < -0.3 is 50.7 Å². The predicted octanol–water partition coefficient (Wildman–Crippen LogP) is 3.49. The van der Waals surface area contributed by atoms with E-state index in [1.165, 1.54) is 12.2 Å². The second-order valence-corrected chi connectivity index (χ2v) is 14.2. The third kappa shape index (κ3) is 21.7. The van der Waals surface area contributed by atoms with Crippen LogP contribution in [0.3, 0.4) is 0 Å². The molecule has 0 radical (unpaired) electrons. The monoisotopic (exact) mass is 734 g/mol. The van der Waals surface area contributed by atoms with Crippen molar-refractivity contribution >= 4 is 5.97 Å². The van der Waals surface area contributed by atoms with E-state index in [1.807, 2.05) is 45.1 Å².